The molecule has 0 aliphatic carbocycles. The summed E-state index contributed by atoms with van der Waals surface area (Å²) >= 11 is 5.89. The zero-order valence-corrected chi connectivity index (χ0v) is 21.5. The van der Waals surface area contributed by atoms with E-state index in [-0.39, 0.29) is 58.8 Å². The topological polar surface area (TPSA) is 91.3 Å². The monoisotopic (exact) mass is 539 g/mol. The number of rotatable bonds is 6. The van der Waals surface area contributed by atoms with Crippen molar-refractivity contribution in [1.29, 1.82) is 0 Å². The normalized spacial score (nSPS) is 26.1. The van der Waals surface area contributed by atoms with Crippen LogP contribution >= 0.6 is 11.6 Å². The lowest BCUT2D eigenvalue weighted by Gasteiger charge is -2.46. The Morgan fingerprint density at radius 2 is 2.03 bits per heavy atom. The van der Waals surface area contributed by atoms with Gasteiger partial charge in [-0.05, 0) is 31.4 Å². The fraction of sp³-hybridized carbons (Fsp3) is 0.357. The number of carbonyl (C=O) groups is 2. The van der Waals surface area contributed by atoms with Crippen molar-refractivity contribution < 1.29 is 28.6 Å². The molecule has 8 nitrogen and oxygen atoms in total. The highest BCUT2D eigenvalue weighted by Crippen LogP contribution is 2.48. The van der Waals surface area contributed by atoms with Crippen LogP contribution in [-0.4, -0.2) is 57.7 Å². The Bertz CT molecular complexity index is 1360. The molecule has 3 saturated heterocycles. The summed E-state index contributed by atoms with van der Waals surface area (Å²) in [4.78, 5) is 30.8. The highest BCUT2D eigenvalue weighted by atomic mass is 35.5. The van der Waals surface area contributed by atoms with Crippen LogP contribution in [-0.2, 0) is 32.2 Å². The van der Waals surface area contributed by atoms with Gasteiger partial charge in [-0.3, -0.25) is 9.59 Å². The van der Waals surface area contributed by atoms with E-state index in [4.69, 9.17) is 21.1 Å². The largest absolute Gasteiger partial charge is 0.488 e. The van der Waals surface area contributed by atoms with Crippen LogP contribution in [0.3, 0.4) is 0 Å². The first-order valence-electron chi connectivity index (χ1n) is 12.6. The minimum Gasteiger partial charge on any atom is -0.488 e. The van der Waals surface area contributed by atoms with Gasteiger partial charge in [0.05, 0.1) is 29.3 Å². The van der Waals surface area contributed by atoms with Crippen LogP contribution < -0.4 is 5.32 Å². The van der Waals surface area contributed by atoms with Gasteiger partial charge in [0.1, 0.15) is 24.2 Å². The van der Waals surface area contributed by atoms with E-state index in [0.717, 1.165) is 5.56 Å². The maximum Gasteiger partial charge on any atom is 0.276 e. The van der Waals surface area contributed by atoms with Crippen molar-refractivity contribution in [3.8, 4) is 0 Å². The van der Waals surface area contributed by atoms with Crippen molar-refractivity contribution in [1.82, 2.24) is 15.1 Å². The second-order valence-corrected chi connectivity index (χ2v) is 10.3. The Kier molecular flexibility index (Phi) is 6.37. The number of nitrogens with zero attached hydrogens (tertiary/aromatic N) is 2. The smallest absolute Gasteiger partial charge is 0.276 e. The molecule has 3 fully saturated rings. The fourth-order valence-corrected chi connectivity index (χ4v) is 5.99. The third-order valence-corrected chi connectivity index (χ3v) is 7.87. The van der Waals surface area contributed by atoms with E-state index >= 15 is 0 Å². The van der Waals surface area contributed by atoms with Gasteiger partial charge in [0, 0.05) is 17.8 Å². The van der Waals surface area contributed by atoms with E-state index in [1.807, 2.05) is 42.2 Å². The summed E-state index contributed by atoms with van der Waals surface area (Å²) in [5, 5.41) is 14.2. The van der Waals surface area contributed by atoms with Crippen molar-refractivity contribution >= 4 is 23.4 Å². The molecule has 10 heteroatoms. The third-order valence-electron chi connectivity index (χ3n) is 7.58. The summed E-state index contributed by atoms with van der Waals surface area (Å²) in [5.41, 5.74) is 1.97. The molecule has 6 rings (SSSR count). The quantitative estimate of drug-likeness (QED) is 0.586. The predicted octanol–water partition coefficient (Wildman–Crippen LogP) is 3.20. The second kappa shape index (κ2) is 9.72. The van der Waals surface area contributed by atoms with Crippen LogP contribution in [0.25, 0.3) is 0 Å². The van der Waals surface area contributed by atoms with Gasteiger partial charge in [-0.2, -0.15) is 0 Å². The van der Waals surface area contributed by atoms with E-state index in [9.17, 15) is 19.1 Å². The first-order valence-corrected chi connectivity index (χ1v) is 13.0. The van der Waals surface area contributed by atoms with Crippen molar-refractivity contribution in [2.24, 2.45) is 0 Å². The zero-order valence-electron chi connectivity index (χ0n) is 20.7. The first kappa shape index (κ1) is 24.9. The van der Waals surface area contributed by atoms with Gasteiger partial charge < -0.3 is 29.7 Å². The number of halogens is 2. The van der Waals surface area contributed by atoms with Gasteiger partial charge in [-0.15, -0.1) is 0 Å². The fourth-order valence-electron chi connectivity index (χ4n) is 5.79. The molecule has 2 aromatic rings. The number of allylic oxidation sites excluding steroid dienone is 1. The molecule has 4 aliphatic rings. The van der Waals surface area contributed by atoms with Crippen LogP contribution in [0.15, 0.2) is 71.3 Å². The molecule has 198 valence electrons. The molecule has 4 aliphatic heterocycles. The molecule has 0 spiro atoms. The van der Waals surface area contributed by atoms with Gasteiger partial charge in [-0.25, -0.2) is 4.39 Å². The Morgan fingerprint density at radius 3 is 2.82 bits per heavy atom. The maximum atomic E-state index is 14.4. The number of aliphatic hydroxyl groups is 1. The minimum atomic E-state index is -1.47. The number of piperazine rings is 1. The Labute approximate surface area is 224 Å². The molecule has 2 aromatic carbocycles. The van der Waals surface area contributed by atoms with Gasteiger partial charge in [0.15, 0.2) is 12.0 Å². The number of aliphatic hydroxyl groups excluding tert-OH is 1. The summed E-state index contributed by atoms with van der Waals surface area (Å²) in [6.45, 7) is 2.33. The van der Waals surface area contributed by atoms with Crippen molar-refractivity contribution in [2.75, 3.05) is 6.61 Å². The highest BCUT2D eigenvalue weighted by Gasteiger charge is 2.57. The molecule has 4 heterocycles. The summed E-state index contributed by atoms with van der Waals surface area (Å²) in [6, 6.07) is 13.6. The van der Waals surface area contributed by atoms with E-state index < -0.39 is 24.1 Å². The number of amides is 2. The van der Waals surface area contributed by atoms with Crippen LogP contribution in [0.2, 0.25) is 5.02 Å². The number of hydrogen-bond donors (Lipinski definition) is 2. The molecule has 2 N–H and O–H groups in total. The number of ether oxygens (including phenoxy) is 2. The van der Waals surface area contributed by atoms with Gasteiger partial charge in [-0.1, -0.05) is 54.1 Å². The van der Waals surface area contributed by atoms with Crippen LogP contribution in [0.1, 0.15) is 30.9 Å². The molecular weight excluding hydrogens is 513 g/mol. The average molecular weight is 540 g/mol. The van der Waals surface area contributed by atoms with E-state index in [1.165, 1.54) is 12.1 Å². The van der Waals surface area contributed by atoms with Crippen molar-refractivity contribution in [3.63, 3.8) is 0 Å². The summed E-state index contributed by atoms with van der Waals surface area (Å²) in [5.74, 6) is -1.44. The molecule has 0 saturated carbocycles. The van der Waals surface area contributed by atoms with Gasteiger partial charge in [0.25, 0.3) is 11.8 Å². The Morgan fingerprint density at radius 1 is 1.24 bits per heavy atom. The average Bonchev–Trinajstić information content (AvgIpc) is 3.52. The SMILES string of the molecule is C[C@@H]1COC2C3CCC4=C(C(=O)NCc5cccc(Cl)c5F)C(O)C(OCc5ccccc5)=C(C(=O)N21)N43. The van der Waals surface area contributed by atoms with E-state index in [0.29, 0.717) is 25.1 Å². The lowest BCUT2D eigenvalue weighted by Crippen LogP contribution is -2.60. The summed E-state index contributed by atoms with van der Waals surface area (Å²) in [7, 11) is 0. The lowest BCUT2D eigenvalue weighted by molar-refractivity contribution is -0.145. The third kappa shape index (κ3) is 3.97. The number of benzene rings is 2. The zero-order chi connectivity index (χ0) is 26.6. The van der Waals surface area contributed by atoms with Crippen LogP contribution in [0.4, 0.5) is 4.39 Å². The standard InChI is InChI=1S/C28H27ClFN3O5/c1-15-13-38-28-20-11-10-19-21(26(35)31-12-17-8-5-9-18(29)22(17)30)24(34)25(23(33(19)20)27(36)32(15)28)37-14-16-6-3-2-4-7-16/h2-9,15,20,24,28,34H,10-14H2,1H3,(H,31,35)/t15-,20?,24?,28?/m1/s1. The number of carbonyl (C=O) groups excluding carboxylic acids is 2. The number of fused-ring (bicyclic) bond motifs is 2. The summed E-state index contributed by atoms with van der Waals surface area (Å²) in [6.07, 6.45) is -0.810. The van der Waals surface area contributed by atoms with E-state index in [2.05, 4.69) is 5.32 Å². The van der Waals surface area contributed by atoms with Crippen molar-refractivity contribution in [2.45, 2.75) is 57.3 Å². The Balaban J connectivity index is 1.36. The summed E-state index contributed by atoms with van der Waals surface area (Å²) < 4.78 is 26.5. The van der Waals surface area contributed by atoms with Gasteiger partial charge in [0.2, 0.25) is 0 Å². The first-order chi connectivity index (χ1) is 18.4. The van der Waals surface area contributed by atoms with Crippen molar-refractivity contribution in [3.05, 3.63) is 93.2 Å². The molecule has 4 atom stereocenters. The lowest BCUT2D eigenvalue weighted by atomic mass is 9.95. The maximum absolute atomic E-state index is 14.4. The Hall–Kier alpha value is -3.40. The molecule has 3 unspecified atom stereocenters. The molecule has 2 amide bonds. The molecule has 0 aromatic heterocycles. The predicted molar refractivity (Wildman–Crippen MR) is 135 cm³/mol. The molecule has 0 radical (unpaired) electrons. The van der Waals surface area contributed by atoms with E-state index in [1.54, 1.807) is 11.0 Å². The van der Waals surface area contributed by atoms with Gasteiger partial charge >= 0.3 is 0 Å². The molecular formula is C28H27ClFN3O5. The highest BCUT2D eigenvalue weighted by molar-refractivity contribution is 6.30. The molecule has 0 bridgehead atoms. The number of hydrogen-bond acceptors (Lipinski definition) is 6. The van der Waals surface area contributed by atoms with Crippen LogP contribution in [0.5, 0.6) is 0 Å². The minimum absolute atomic E-state index is 0.0335. The second-order valence-electron chi connectivity index (χ2n) is 9.91. The molecule has 38 heavy (non-hydrogen) atoms. The van der Waals surface area contributed by atoms with Crippen LogP contribution in [0, 0.1) is 5.82 Å². The number of nitrogens with one attached hydrogen (secondary N) is 1.